The minimum Gasteiger partial charge on any atom is -0.493 e. The third kappa shape index (κ3) is 2.82. The van der Waals surface area contributed by atoms with Crippen LogP contribution in [0.25, 0.3) is 0 Å². The number of halogens is 1. The molecule has 0 N–H and O–H groups in total. The Hall–Kier alpha value is -2.83. The largest absolute Gasteiger partial charge is 0.493 e. The van der Waals surface area contributed by atoms with E-state index in [1.165, 1.54) is 0 Å². The molecule has 2 aliphatic rings. The molecule has 0 bridgehead atoms. The predicted octanol–water partition coefficient (Wildman–Crippen LogP) is 5.32. The van der Waals surface area contributed by atoms with Crippen LogP contribution in [0.4, 0.5) is 0 Å². The lowest BCUT2D eigenvalue weighted by Gasteiger charge is -2.42. The van der Waals surface area contributed by atoms with Crippen LogP contribution in [0.5, 0.6) is 11.5 Å². The lowest BCUT2D eigenvalue weighted by atomic mass is 9.91. The van der Waals surface area contributed by atoms with Gasteiger partial charge in [0.1, 0.15) is 0 Å². The van der Waals surface area contributed by atoms with E-state index in [9.17, 15) is 0 Å². The number of thioether (sulfide) groups is 1. The zero-order chi connectivity index (χ0) is 20.7. The van der Waals surface area contributed by atoms with E-state index in [0.29, 0.717) is 22.4 Å². The van der Waals surface area contributed by atoms with Gasteiger partial charge in [0.15, 0.2) is 17.3 Å². The Morgan fingerprint density at radius 2 is 1.70 bits per heavy atom. The van der Waals surface area contributed by atoms with Crippen molar-refractivity contribution in [1.82, 2.24) is 4.90 Å². The summed E-state index contributed by atoms with van der Waals surface area (Å²) in [5.74, 6) is 2.78. The van der Waals surface area contributed by atoms with E-state index in [2.05, 4.69) is 10.1 Å². The predicted molar refractivity (Wildman–Crippen MR) is 118 cm³/mol. The number of nitrogens with zero attached hydrogens (tertiary/aromatic N) is 2. The van der Waals surface area contributed by atoms with Gasteiger partial charge >= 0.3 is 0 Å². The van der Waals surface area contributed by atoms with Crippen LogP contribution in [0.3, 0.4) is 0 Å². The van der Waals surface area contributed by atoms with Crippen LogP contribution in [-0.2, 0) is 10.6 Å². The summed E-state index contributed by atoms with van der Waals surface area (Å²) < 4.78 is 11.1. The molecule has 0 aromatic heterocycles. The first kappa shape index (κ1) is 19.2. The van der Waals surface area contributed by atoms with Gasteiger partial charge in [0.25, 0.3) is 5.72 Å². The maximum Gasteiger partial charge on any atom is 0.265 e. The molecule has 152 valence electrons. The van der Waals surface area contributed by atoms with Gasteiger partial charge in [-0.25, -0.2) is 0 Å². The number of hydrogen-bond acceptors (Lipinski definition) is 6. The first-order chi connectivity index (χ1) is 14.7. The average Bonchev–Trinajstić information content (AvgIpc) is 3.20. The van der Waals surface area contributed by atoms with Crippen LogP contribution < -0.4 is 9.47 Å². The molecule has 30 heavy (non-hydrogen) atoms. The monoisotopic (exact) mass is 438 g/mol. The summed E-state index contributed by atoms with van der Waals surface area (Å²) in [6, 6.07) is 21.7. The second-order valence-corrected chi connectivity index (χ2v) is 8.35. The lowest BCUT2D eigenvalue weighted by molar-refractivity contribution is -0.0683. The van der Waals surface area contributed by atoms with Gasteiger partial charge in [0, 0.05) is 26.6 Å². The van der Waals surface area contributed by atoms with E-state index in [0.717, 1.165) is 27.4 Å². The van der Waals surface area contributed by atoms with E-state index in [1.54, 1.807) is 26.0 Å². The molecule has 2 aliphatic heterocycles. The van der Waals surface area contributed by atoms with Gasteiger partial charge in [0.2, 0.25) is 0 Å². The highest BCUT2D eigenvalue weighted by molar-refractivity contribution is 7.99. The fourth-order valence-corrected chi connectivity index (χ4v) is 5.16. The highest BCUT2D eigenvalue weighted by Gasteiger charge is 2.53. The second-order valence-electron chi connectivity index (χ2n) is 6.93. The number of methoxy groups -OCH3 is 2. The topological polar surface area (TPSA) is 43.3 Å². The molecule has 7 heteroatoms. The van der Waals surface area contributed by atoms with Gasteiger partial charge in [-0.15, -0.1) is 11.8 Å². The molecule has 3 aromatic rings. The molecule has 0 fully saturated rings. The Balaban J connectivity index is 1.73. The van der Waals surface area contributed by atoms with Gasteiger partial charge in [-0.05, 0) is 24.3 Å². The first-order valence-corrected chi connectivity index (χ1v) is 10.8. The summed E-state index contributed by atoms with van der Waals surface area (Å²) in [6.07, 6.45) is 0. The van der Waals surface area contributed by atoms with Crippen LogP contribution in [0.2, 0.25) is 5.02 Å². The van der Waals surface area contributed by atoms with Crippen molar-refractivity contribution < 1.29 is 14.3 Å². The number of fused-ring (bicyclic) bond motifs is 3. The van der Waals surface area contributed by atoms with Crippen molar-refractivity contribution in [3.63, 3.8) is 0 Å². The summed E-state index contributed by atoms with van der Waals surface area (Å²) in [7, 11) is 3.27. The number of amidine groups is 1. The molecular weight excluding hydrogens is 420 g/mol. The number of oxime groups is 1. The molecule has 5 nitrogen and oxygen atoms in total. The maximum absolute atomic E-state index is 6.30. The minimum atomic E-state index is -0.921. The number of hydrogen-bond donors (Lipinski definition) is 0. The molecule has 3 aromatic carbocycles. The van der Waals surface area contributed by atoms with Gasteiger partial charge in [-0.2, -0.15) is 0 Å². The molecule has 0 saturated heterocycles. The Kier molecular flexibility index (Phi) is 4.76. The van der Waals surface area contributed by atoms with Crippen LogP contribution >= 0.6 is 23.4 Å². The molecule has 2 heterocycles. The van der Waals surface area contributed by atoms with Gasteiger partial charge in [0.05, 0.1) is 20.1 Å². The van der Waals surface area contributed by atoms with E-state index in [1.807, 2.05) is 66.7 Å². The standard InChI is InChI=1S/C23H19ClN2O3S/c1-27-19-12-18-21(13-20(19)28-2)30-14-26-22(15-6-4-3-5-7-15)25-29-23(18,26)16-8-10-17(24)11-9-16/h3-13H,14H2,1-2H3/t23-/m0/s1. The van der Waals surface area contributed by atoms with Crippen molar-refractivity contribution in [2.45, 2.75) is 10.6 Å². The van der Waals surface area contributed by atoms with Crippen molar-refractivity contribution in [3.05, 3.63) is 88.4 Å². The van der Waals surface area contributed by atoms with E-state index in [4.69, 9.17) is 25.9 Å². The quantitative estimate of drug-likeness (QED) is 0.551. The SMILES string of the molecule is COc1cc2c(cc1OC)[C@]1(c3ccc(Cl)cc3)ON=C(c3ccccc3)N1CS2. The van der Waals surface area contributed by atoms with E-state index >= 15 is 0 Å². The smallest absolute Gasteiger partial charge is 0.265 e. The Labute approximate surface area is 184 Å². The fraction of sp³-hybridized carbons (Fsp3) is 0.174. The molecular formula is C23H19ClN2O3S. The zero-order valence-electron chi connectivity index (χ0n) is 16.5. The summed E-state index contributed by atoms with van der Waals surface area (Å²) in [5, 5.41) is 5.21. The number of rotatable bonds is 4. The normalized spacial score (nSPS) is 19.4. The van der Waals surface area contributed by atoms with Gasteiger partial charge in [-0.3, -0.25) is 4.90 Å². The first-order valence-electron chi connectivity index (χ1n) is 9.42. The summed E-state index contributed by atoms with van der Waals surface area (Å²) in [6.45, 7) is 0. The third-order valence-electron chi connectivity index (χ3n) is 5.37. The second kappa shape index (κ2) is 7.45. The molecule has 0 spiro atoms. The van der Waals surface area contributed by atoms with Gasteiger partial charge in [-0.1, -0.05) is 59.2 Å². The van der Waals surface area contributed by atoms with E-state index < -0.39 is 5.72 Å². The van der Waals surface area contributed by atoms with Crippen molar-refractivity contribution in [2.24, 2.45) is 5.16 Å². The van der Waals surface area contributed by atoms with Crippen LogP contribution in [0, 0.1) is 0 Å². The van der Waals surface area contributed by atoms with Crippen molar-refractivity contribution in [2.75, 3.05) is 20.1 Å². The van der Waals surface area contributed by atoms with Gasteiger partial charge < -0.3 is 14.3 Å². The number of benzene rings is 3. The van der Waals surface area contributed by atoms with Crippen LogP contribution in [-0.4, -0.2) is 30.8 Å². The fourth-order valence-electron chi connectivity index (χ4n) is 3.92. The van der Waals surface area contributed by atoms with Crippen LogP contribution in [0.1, 0.15) is 16.7 Å². The van der Waals surface area contributed by atoms with Crippen molar-refractivity contribution in [3.8, 4) is 11.5 Å². The highest BCUT2D eigenvalue weighted by Crippen LogP contribution is 2.52. The minimum absolute atomic E-state index is 0.642. The molecule has 0 saturated carbocycles. The van der Waals surface area contributed by atoms with Crippen LogP contribution in [0.15, 0.2) is 76.8 Å². The van der Waals surface area contributed by atoms with Crippen molar-refractivity contribution >= 4 is 29.2 Å². The Morgan fingerprint density at radius 1 is 1.00 bits per heavy atom. The molecule has 0 radical (unpaired) electrons. The molecule has 0 amide bonds. The molecule has 5 rings (SSSR count). The average molecular weight is 439 g/mol. The molecule has 0 unspecified atom stereocenters. The summed E-state index contributed by atoms with van der Waals surface area (Å²) in [4.78, 5) is 9.54. The van der Waals surface area contributed by atoms with Crippen molar-refractivity contribution in [1.29, 1.82) is 0 Å². The number of ether oxygens (including phenoxy) is 2. The molecule has 0 aliphatic carbocycles. The Bertz CT molecular complexity index is 1120. The lowest BCUT2D eigenvalue weighted by Crippen LogP contribution is -2.49. The highest BCUT2D eigenvalue weighted by atomic mass is 35.5. The van der Waals surface area contributed by atoms with E-state index in [-0.39, 0.29) is 0 Å². The molecule has 1 atom stereocenters. The summed E-state index contributed by atoms with van der Waals surface area (Å²) in [5.41, 5.74) is 1.97. The zero-order valence-corrected chi connectivity index (χ0v) is 18.0. The maximum atomic E-state index is 6.30. The summed E-state index contributed by atoms with van der Waals surface area (Å²) >= 11 is 7.89. The Morgan fingerprint density at radius 3 is 2.40 bits per heavy atom. The third-order valence-corrected chi connectivity index (χ3v) is 6.66.